The average Bonchev–Trinajstić information content (AvgIpc) is 2.97. The average molecular weight is 371 g/mol. The molecule has 3 N–H and O–H groups in total. The lowest BCUT2D eigenvalue weighted by atomic mass is 10.0. The summed E-state index contributed by atoms with van der Waals surface area (Å²) in [6.45, 7) is 1.83. The van der Waals surface area contributed by atoms with Crippen LogP contribution in [0.3, 0.4) is 0 Å². The topological polar surface area (TPSA) is 55.1 Å². The van der Waals surface area contributed by atoms with E-state index in [0.29, 0.717) is 16.6 Å². The number of anilines is 1. The molecule has 0 aliphatic rings. The minimum atomic E-state index is -0.360. The van der Waals surface area contributed by atoms with E-state index in [2.05, 4.69) is 21.2 Å². The van der Waals surface area contributed by atoms with Gasteiger partial charge in [0.25, 0.3) is 0 Å². The summed E-state index contributed by atoms with van der Waals surface area (Å²) < 4.78 is 13.5. The lowest BCUT2D eigenvalue weighted by molar-refractivity contribution is -0.119. The molecule has 0 aliphatic carbocycles. The van der Waals surface area contributed by atoms with E-state index < -0.39 is 0 Å². The van der Waals surface area contributed by atoms with Gasteiger partial charge in [-0.2, -0.15) is 0 Å². The number of hydrogen-bond acceptors (Lipinski definition) is 3. The third kappa shape index (κ3) is 4.36. The summed E-state index contributed by atoms with van der Waals surface area (Å²) in [6, 6.07) is 8.15. The zero-order chi connectivity index (χ0) is 15.4. The predicted octanol–water partition coefficient (Wildman–Crippen LogP) is 4.31. The van der Waals surface area contributed by atoms with Crippen LogP contribution >= 0.6 is 27.3 Å². The molecule has 112 valence electrons. The normalized spacial score (nSPS) is 13.7. The maximum absolute atomic E-state index is 13.1. The lowest BCUT2D eigenvalue weighted by Crippen LogP contribution is -2.24. The number of nitrogens with one attached hydrogen (secondary N) is 1. The van der Waals surface area contributed by atoms with Crippen LogP contribution in [-0.4, -0.2) is 5.91 Å². The highest BCUT2D eigenvalue weighted by Crippen LogP contribution is 2.25. The molecular weight excluding hydrogens is 355 g/mol. The highest BCUT2D eigenvalue weighted by Gasteiger charge is 2.18. The van der Waals surface area contributed by atoms with E-state index in [1.165, 1.54) is 12.1 Å². The fourth-order valence-corrected chi connectivity index (χ4v) is 3.07. The number of rotatable bonds is 5. The molecule has 2 aromatic rings. The van der Waals surface area contributed by atoms with Crippen LogP contribution < -0.4 is 11.1 Å². The van der Waals surface area contributed by atoms with Crippen molar-refractivity contribution < 1.29 is 9.18 Å². The Balaban J connectivity index is 1.94. The minimum absolute atomic E-state index is 0.125. The second kappa shape index (κ2) is 7.15. The summed E-state index contributed by atoms with van der Waals surface area (Å²) in [5.74, 6) is -0.716. The van der Waals surface area contributed by atoms with Crippen molar-refractivity contribution >= 4 is 38.9 Å². The minimum Gasteiger partial charge on any atom is -0.326 e. The van der Waals surface area contributed by atoms with Crippen LogP contribution in [0.2, 0.25) is 0 Å². The standard InChI is InChI=1S/C15H16BrFN2OS/c1-9(7-13(18)14-3-2-6-21-14)15(20)19-10-4-5-12(17)11(16)8-10/h2-6,8-9,13H,7,18H2,1H3,(H,19,20)/t9-,13+/m0/s1. The first kappa shape index (κ1) is 16.1. The van der Waals surface area contributed by atoms with E-state index in [4.69, 9.17) is 5.73 Å². The summed E-state index contributed by atoms with van der Waals surface area (Å²) in [5.41, 5.74) is 6.65. The largest absolute Gasteiger partial charge is 0.326 e. The SMILES string of the molecule is C[C@@H](C[C@@H](N)c1cccs1)C(=O)Nc1ccc(F)c(Br)c1. The predicted molar refractivity (Wildman–Crippen MR) is 87.8 cm³/mol. The van der Waals surface area contributed by atoms with Gasteiger partial charge in [-0.05, 0) is 52.0 Å². The number of halogens is 2. The van der Waals surface area contributed by atoms with Gasteiger partial charge in [-0.1, -0.05) is 13.0 Å². The molecule has 0 fully saturated rings. The zero-order valence-corrected chi connectivity index (χ0v) is 13.9. The van der Waals surface area contributed by atoms with Crippen molar-refractivity contribution in [3.63, 3.8) is 0 Å². The Hall–Kier alpha value is -1.24. The number of thiophene rings is 1. The molecule has 0 unspecified atom stereocenters. The van der Waals surface area contributed by atoms with Gasteiger partial charge in [0.05, 0.1) is 4.47 Å². The number of carbonyl (C=O) groups excluding carboxylic acids is 1. The van der Waals surface area contributed by atoms with Crippen molar-refractivity contribution in [3.8, 4) is 0 Å². The van der Waals surface area contributed by atoms with Gasteiger partial charge < -0.3 is 11.1 Å². The number of nitrogens with two attached hydrogens (primary N) is 1. The molecule has 1 aromatic carbocycles. The van der Waals surface area contributed by atoms with Crippen molar-refractivity contribution in [3.05, 3.63) is 50.9 Å². The van der Waals surface area contributed by atoms with Crippen LogP contribution in [0.25, 0.3) is 0 Å². The molecule has 0 spiro atoms. The fourth-order valence-electron chi connectivity index (χ4n) is 1.95. The molecule has 0 radical (unpaired) electrons. The third-order valence-corrected chi connectivity index (χ3v) is 4.76. The Morgan fingerprint density at radius 3 is 2.86 bits per heavy atom. The van der Waals surface area contributed by atoms with Gasteiger partial charge in [0.1, 0.15) is 5.82 Å². The summed E-state index contributed by atoms with van der Waals surface area (Å²) in [5, 5.41) is 4.74. The van der Waals surface area contributed by atoms with E-state index in [0.717, 1.165) is 4.88 Å². The summed E-state index contributed by atoms with van der Waals surface area (Å²) >= 11 is 4.68. The molecule has 21 heavy (non-hydrogen) atoms. The molecule has 0 saturated carbocycles. The van der Waals surface area contributed by atoms with E-state index in [1.54, 1.807) is 17.4 Å². The van der Waals surface area contributed by atoms with Crippen LogP contribution in [0.1, 0.15) is 24.3 Å². The van der Waals surface area contributed by atoms with Gasteiger partial charge in [-0.3, -0.25) is 4.79 Å². The first-order chi connectivity index (χ1) is 9.97. The van der Waals surface area contributed by atoms with E-state index in [-0.39, 0.29) is 23.7 Å². The molecule has 2 rings (SSSR count). The van der Waals surface area contributed by atoms with Crippen LogP contribution in [0, 0.1) is 11.7 Å². The molecule has 1 heterocycles. The van der Waals surface area contributed by atoms with Crippen molar-refractivity contribution in [2.45, 2.75) is 19.4 Å². The maximum Gasteiger partial charge on any atom is 0.227 e. The van der Waals surface area contributed by atoms with Crippen LogP contribution in [0.5, 0.6) is 0 Å². The quantitative estimate of drug-likeness (QED) is 0.823. The molecular formula is C15H16BrFN2OS. The number of carbonyl (C=O) groups is 1. The number of benzene rings is 1. The summed E-state index contributed by atoms with van der Waals surface area (Å²) in [4.78, 5) is 13.2. The van der Waals surface area contributed by atoms with Gasteiger partial charge in [-0.25, -0.2) is 4.39 Å². The smallest absolute Gasteiger partial charge is 0.227 e. The monoisotopic (exact) mass is 370 g/mol. The Kier molecular flexibility index (Phi) is 5.50. The first-order valence-corrected chi connectivity index (χ1v) is 8.19. The Bertz CT molecular complexity index is 618. The van der Waals surface area contributed by atoms with Crippen LogP contribution in [-0.2, 0) is 4.79 Å². The highest BCUT2D eigenvalue weighted by atomic mass is 79.9. The number of amides is 1. The Morgan fingerprint density at radius 1 is 1.48 bits per heavy atom. The molecule has 1 amide bonds. The molecule has 0 bridgehead atoms. The lowest BCUT2D eigenvalue weighted by Gasteiger charge is -2.16. The van der Waals surface area contributed by atoms with E-state index >= 15 is 0 Å². The highest BCUT2D eigenvalue weighted by molar-refractivity contribution is 9.10. The Morgan fingerprint density at radius 2 is 2.24 bits per heavy atom. The van der Waals surface area contributed by atoms with Gasteiger partial charge in [-0.15, -0.1) is 11.3 Å². The molecule has 2 atom stereocenters. The van der Waals surface area contributed by atoms with E-state index in [9.17, 15) is 9.18 Å². The fraction of sp³-hybridized carbons (Fsp3) is 0.267. The van der Waals surface area contributed by atoms with Gasteiger partial charge >= 0.3 is 0 Å². The first-order valence-electron chi connectivity index (χ1n) is 6.52. The molecule has 6 heteroatoms. The van der Waals surface area contributed by atoms with Crippen LogP contribution in [0.15, 0.2) is 40.2 Å². The van der Waals surface area contributed by atoms with Crippen molar-refractivity contribution in [2.24, 2.45) is 11.7 Å². The second-order valence-electron chi connectivity index (χ2n) is 4.88. The third-order valence-electron chi connectivity index (χ3n) is 3.15. The summed E-state index contributed by atoms with van der Waals surface area (Å²) in [7, 11) is 0. The van der Waals surface area contributed by atoms with Crippen molar-refractivity contribution in [2.75, 3.05) is 5.32 Å². The Labute approximate surface area is 135 Å². The second-order valence-corrected chi connectivity index (χ2v) is 6.71. The van der Waals surface area contributed by atoms with Gasteiger partial charge in [0.15, 0.2) is 0 Å². The molecule has 0 saturated heterocycles. The zero-order valence-electron chi connectivity index (χ0n) is 11.5. The molecule has 1 aromatic heterocycles. The van der Waals surface area contributed by atoms with Crippen LogP contribution in [0.4, 0.5) is 10.1 Å². The summed E-state index contributed by atoms with van der Waals surface area (Å²) in [6.07, 6.45) is 0.564. The molecule has 0 aliphatic heterocycles. The van der Waals surface area contributed by atoms with E-state index in [1.807, 2.05) is 24.4 Å². The molecule has 3 nitrogen and oxygen atoms in total. The van der Waals surface area contributed by atoms with Crippen molar-refractivity contribution in [1.82, 2.24) is 0 Å². The van der Waals surface area contributed by atoms with Crippen molar-refractivity contribution in [1.29, 1.82) is 0 Å². The van der Waals surface area contributed by atoms with Gasteiger partial charge in [0, 0.05) is 22.5 Å². The number of hydrogen-bond donors (Lipinski definition) is 2. The van der Waals surface area contributed by atoms with Gasteiger partial charge in [0.2, 0.25) is 5.91 Å². The maximum atomic E-state index is 13.1.